The van der Waals surface area contributed by atoms with Gasteiger partial charge in [-0.3, -0.25) is 0 Å². The van der Waals surface area contributed by atoms with Gasteiger partial charge in [-0.05, 0) is 39.3 Å². The summed E-state index contributed by atoms with van der Waals surface area (Å²) >= 11 is 0. The van der Waals surface area contributed by atoms with E-state index in [1.165, 1.54) is 19.3 Å². The number of rotatable bonds is 7. The van der Waals surface area contributed by atoms with Crippen molar-refractivity contribution in [2.24, 2.45) is 5.92 Å². The molecule has 1 fully saturated rings. The lowest BCUT2D eigenvalue weighted by molar-refractivity contribution is 0.107. The molecule has 0 amide bonds. The molecule has 0 spiro atoms. The molecule has 1 saturated heterocycles. The highest BCUT2D eigenvalue weighted by Gasteiger charge is 2.17. The summed E-state index contributed by atoms with van der Waals surface area (Å²) in [7, 11) is 4.33. The second-order valence-electron chi connectivity index (χ2n) is 5.54. The van der Waals surface area contributed by atoms with Crippen molar-refractivity contribution >= 4 is 0 Å². The van der Waals surface area contributed by atoms with E-state index in [1.807, 2.05) is 0 Å². The van der Waals surface area contributed by atoms with Gasteiger partial charge in [-0.1, -0.05) is 13.8 Å². The van der Waals surface area contributed by atoms with Gasteiger partial charge in [0.2, 0.25) is 0 Å². The molecule has 1 aliphatic rings. The fraction of sp³-hybridized carbons (Fsp3) is 1.00. The van der Waals surface area contributed by atoms with Gasteiger partial charge in [-0.2, -0.15) is 0 Å². The minimum atomic E-state index is 0.460. The average Bonchev–Trinajstić information content (AvgIpc) is 2.68. The first-order valence-electron chi connectivity index (χ1n) is 6.58. The van der Waals surface area contributed by atoms with Crippen LogP contribution >= 0.6 is 0 Å². The normalized spacial score (nSPS) is 23.2. The Bertz CT molecular complexity index is 177. The van der Waals surface area contributed by atoms with Crippen LogP contribution < -0.4 is 5.32 Å². The predicted octanol–water partition coefficient (Wildman–Crippen LogP) is 1.73. The number of ether oxygens (including phenoxy) is 1. The van der Waals surface area contributed by atoms with Gasteiger partial charge in [0.25, 0.3) is 0 Å². The Morgan fingerprint density at radius 3 is 2.62 bits per heavy atom. The first-order valence-corrected chi connectivity index (χ1v) is 6.58. The van der Waals surface area contributed by atoms with Crippen LogP contribution in [0.5, 0.6) is 0 Å². The number of nitrogens with one attached hydrogen (secondary N) is 1. The van der Waals surface area contributed by atoms with Gasteiger partial charge >= 0.3 is 0 Å². The van der Waals surface area contributed by atoms with Crippen molar-refractivity contribution in [1.29, 1.82) is 0 Å². The Balaban J connectivity index is 2.15. The molecule has 0 bridgehead atoms. The fourth-order valence-corrected chi connectivity index (χ4v) is 2.24. The maximum absolute atomic E-state index is 5.60. The van der Waals surface area contributed by atoms with E-state index >= 15 is 0 Å². The molecule has 3 heteroatoms. The van der Waals surface area contributed by atoms with E-state index in [0.717, 1.165) is 25.6 Å². The van der Waals surface area contributed by atoms with E-state index in [-0.39, 0.29) is 0 Å². The largest absolute Gasteiger partial charge is 0.377 e. The van der Waals surface area contributed by atoms with Crippen molar-refractivity contribution in [3.63, 3.8) is 0 Å². The summed E-state index contributed by atoms with van der Waals surface area (Å²) in [6.07, 6.45) is 4.17. The number of hydrogen-bond acceptors (Lipinski definition) is 3. The summed E-state index contributed by atoms with van der Waals surface area (Å²) in [4.78, 5) is 2.32. The highest BCUT2D eigenvalue weighted by molar-refractivity contribution is 4.73. The quantitative estimate of drug-likeness (QED) is 0.718. The summed E-state index contributed by atoms with van der Waals surface area (Å²) < 4.78 is 5.60. The monoisotopic (exact) mass is 228 g/mol. The van der Waals surface area contributed by atoms with Gasteiger partial charge in [-0.15, -0.1) is 0 Å². The van der Waals surface area contributed by atoms with E-state index in [0.29, 0.717) is 12.1 Å². The number of hydrogen-bond donors (Lipinski definition) is 1. The molecule has 0 aliphatic carbocycles. The van der Waals surface area contributed by atoms with Crippen LogP contribution in [0.4, 0.5) is 0 Å². The lowest BCUT2D eigenvalue weighted by Crippen LogP contribution is -2.41. The Morgan fingerprint density at radius 1 is 1.38 bits per heavy atom. The molecule has 1 N–H and O–H groups in total. The second kappa shape index (κ2) is 7.25. The lowest BCUT2D eigenvalue weighted by Gasteiger charge is -2.26. The molecule has 0 saturated carbocycles. The first-order chi connectivity index (χ1) is 7.59. The molecule has 96 valence electrons. The van der Waals surface area contributed by atoms with E-state index < -0.39 is 0 Å². The zero-order valence-electron chi connectivity index (χ0n) is 11.3. The van der Waals surface area contributed by atoms with Crippen LogP contribution in [-0.2, 0) is 4.74 Å². The zero-order valence-corrected chi connectivity index (χ0v) is 11.3. The Kier molecular flexibility index (Phi) is 6.32. The van der Waals surface area contributed by atoms with Gasteiger partial charge in [0.15, 0.2) is 0 Å². The topological polar surface area (TPSA) is 24.5 Å². The first kappa shape index (κ1) is 13.9. The third-order valence-corrected chi connectivity index (χ3v) is 3.25. The highest BCUT2D eigenvalue weighted by Crippen LogP contribution is 2.11. The van der Waals surface area contributed by atoms with Crippen LogP contribution in [-0.4, -0.2) is 50.8 Å². The highest BCUT2D eigenvalue weighted by atomic mass is 16.5. The van der Waals surface area contributed by atoms with Gasteiger partial charge in [-0.25, -0.2) is 0 Å². The van der Waals surface area contributed by atoms with E-state index in [2.05, 4.69) is 38.2 Å². The smallest absolute Gasteiger partial charge is 0.0700 e. The van der Waals surface area contributed by atoms with Crippen molar-refractivity contribution in [2.75, 3.05) is 33.8 Å². The molecule has 0 aromatic heterocycles. The van der Waals surface area contributed by atoms with Crippen LogP contribution in [0.2, 0.25) is 0 Å². The molecule has 1 rings (SSSR count). The Labute approximate surface area is 101 Å². The van der Waals surface area contributed by atoms with Gasteiger partial charge in [0, 0.05) is 25.7 Å². The van der Waals surface area contributed by atoms with Crippen molar-refractivity contribution in [3.05, 3.63) is 0 Å². The van der Waals surface area contributed by atoms with Crippen LogP contribution in [0.1, 0.15) is 33.1 Å². The van der Waals surface area contributed by atoms with Crippen LogP contribution in [0.15, 0.2) is 0 Å². The second-order valence-corrected chi connectivity index (χ2v) is 5.54. The van der Waals surface area contributed by atoms with Crippen LogP contribution in [0.3, 0.4) is 0 Å². The molecule has 0 aromatic rings. The number of nitrogens with zero attached hydrogens (tertiary/aromatic N) is 1. The van der Waals surface area contributed by atoms with E-state index in [1.54, 1.807) is 0 Å². The van der Waals surface area contributed by atoms with Crippen molar-refractivity contribution in [1.82, 2.24) is 10.2 Å². The van der Waals surface area contributed by atoms with Crippen molar-refractivity contribution in [3.8, 4) is 0 Å². The maximum atomic E-state index is 5.60. The molecule has 0 radical (unpaired) electrons. The summed E-state index contributed by atoms with van der Waals surface area (Å²) in [5, 5.41) is 3.55. The van der Waals surface area contributed by atoms with Gasteiger partial charge < -0.3 is 15.0 Å². The fourth-order valence-electron chi connectivity index (χ4n) is 2.24. The summed E-state index contributed by atoms with van der Waals surface area (Å²) in [6, 6.07) is 0.640. The average molecular weight is 228 g/mol. The predicted molar refractivity (Wildman–Crippen MR) is 68.8 cm³/mol. The van der Waals surface area contributed by atoms with Crippen LogP contribution in [0, 0.1) is 5.92 Å². The third-order valence-electron chi connectivity index (χ3n) is 3.25. The van der Waals surface area contributed by atoms with Gasteiger partial charge in [0.05, 0.1) is 6.10 Å². The maximum Gasteiger partial charge on any atom is 0.0700 e. The molecule has 1 aliphatic heterocycles. The molecule has 2 atom stereocenters. The Hall–Kier alpha value is -0.120. The zero-order chi connectivity index (χ0) is 12.0. The minimum absolute atomic E-state index is 0.460. The Morgan fingerprint density at radius 2 is 2.12 bits per heavy atom. The summed E-state index contributed by atoms with van der Waals surface area (Å²) in [5.74, 6) is 0.761. The minimum Gasteiger partial charge on any atom is -0.377 e. The molecule has 2 unspecified atom stereocenters. The van der Waals surface area contributed by atoms with Crippen molar-refractivity contribution < 1.29 is 4.74 Å². The SMILES string of the molecule is CC(C)CC(CNCC1CCCO1)N(C)C. The summed E-state index contributed by atoms with van der Waals surface area (Å²) in [6.45, 7) is 7.62. The molecular weight excluding hydrogens is 200 g/mol. The standard InChI is InChI=1S/C13H28N2O/c1-11(2)8-12(15(3)4)9-14-10-13-6-5-7-16-13/h11-14H,5-10H2,1-4H3. The van der Waals surface area contributed by atoms with E-state index in [4.69, 9.17) is 4.74 Å². The molecular formula is C13H28N2O. The molecule has 0 aromatic carbocycles. The lowest BCUT2D eigenvalue weighted by atomic mass is 10.0. The summed E-state index contributed by atoms with van der Waals surface area (Å²) in [5.41, 5.74) is 0. The van der Waals surface area contributed by atoms with E-state index in [9.17, 15) is 0 Å². The number of likely N-dealkylation sites (N-methyl/N-ethyl adjacent to an activating group) is 1. The molecule has 16 heavy (non-hydrogen) atoms. The molecule has 1 heterocycles. The van der Waals surface area contributed by atoms with Crippen LogP contribution in [0.25, 0.3) is 0 Å². The third kappa shape index (κ3) is 5.28. The molecule has 3 nitrogen and oxygen atoms in total. The van der Waals surface area contributed by atoms with Gasteiger partial charge in [0.1, 0.15) is 0 Å². The van der Waals surface area contributed by atoms with Crippen molar-refractivity contribution in [2.45, 2.75) is 45.3 Å².